The molecule has 1 N–H and O–H groups in total. The van der Waals surface area contributed by atoms with E-state index in [0.717, 1.165) is 11.0 Å². The van der Waals surface area contributed by atoms with Crippen molar-refractivity contribution in [2.45, 2.75) is 44.8 Å². The first-order valence-corrected chi connectivity index (χ1v) is 6.20. The molecule has 0 amide bonds. The Morgan fingerprint density at radius 2 is 2.07 bits per heavy atom. The number of hydrogen-bond donors (Lipinski definition) is 1. The second-order valence-corrected chi connectivity index (χ2v) is 4.98. The second-order valence-electron chi connectivity index (χ2n) is 3.86. The van der Waals surface area contributed by atoms with Crippen LogP contribution in [0.1, 0.15) is 32.6 Å². The zero-order valence-corrected chi connectivity index (χ0v) is 10.5. The van der Waals surface area contributed by atoms with Crippen LogP contribution in [0.5, 0.6) is 0 Å². The number of ether oxygens (including phenoxy) is 1. The molecule has 0 aromatic heterocycles. The lowest BCUT2D eigenvalue weighted by molar-refractivity contribution is 0.0390. The highest BCUT2D eigenvalue weighted by molar-refractivity contribution is 9.11. The standard InChI is InChI=1S/C11H20BrNO/c1-3-13-10-4-6-11(7-5-10)14-8-9(2)12/h10-11,13H,2-8H2,1H3. The zero-order valence-electron chi connectivity index (χ0n) is 8.89. The molecule has 0 heterocycles. The van der Waals surface area contributed by atoms with Crippen LogP contribution in [0.25, 0.3) is 0 Å². The Hall–Kier alpha value is 0.140. The molecule has 1 saturated carbocycles. The number of rotatable bonds is 5. The van der Waals surface area contributed by atoms with Gasteiger partial charge in [-0.2, -0.15) is 0 Å². The summed E-state index contributed by atoms with van der Waals surface area (Å²) in [6.07, 6.45) is 5.29. The molecule has 1 rings (SSSR count). The first-order valence-electron chi connectivity index (χ1n) is 5.40. The van der Waals surface area contributed by atoms with Crippen LogP contribution in [0.4, 0.5) is 0 Å². The predicted molar refractivity (Wildman–Crippen MR) is 63.7 cm³/mol. The summed E-state index contributed by atoms with van der Waals surface area (Å²) in [7, 11) is 0. The largest absolute Gasteiger partial charge is 0.373 e. The minimum Gasteiger partial charge on any atom is -0.373 e. The van der Waals surface area contributed by atoms with Crippen molar-refractivity contribution < 1.29 is 4.74 Å². The average Bonchev–Trinajstić information content (AvgIpc) is 2.17. The van der Waals surface area contributed by atoms with Crippen molar-refractivity contribution in [2.24, 2.45) is 0 Å². The van der Waals surface area contributed by atoms with Crippen molar-refractivity contribution in [1.82, 2.24) is 5.32 Å². The molecule has 82 valence electrons. The molecular formula is C11H20BrNO. The molecule has 1 aliphatic rings. The minimum absolute atomic E-state index is 0.444. The fourth-order valence-electron chi connectivity index (χ4n) is 1.93. The topological polar surface area (TPSA) is 21.3 Å². The van der Waals surface area contributed by atoms with E-state index < -0.39 is 0 Å². The van der Waals surface area contributed by atoms with Gasteiger partial charge in [0.05, 0.1) is 12.7 Å². The van der Waals surface area contributed by atoms with Crippen LogP contribution in [0.2, 0.25) is 0 Å². The predicted octanol–water partition coefficient (Wildman–Crippen LogP) is 2.83. The molecule has 0 atom stereocenters. The van der Waals surface area contributed by atoms with Gasteiger partial charge in [0.25, 0.3) is 0 Å². The maximum absolute atomic E-state index is 5.70. The van der Waals surface area contributed by atoms with Gasteiger partial charge in [-0.3, -0.25) is 0 Å². The van der Waals surface area contributed by atoms with E-state index in [1.807, 2.05) is 0 Å². The average molecular weight is 262 g/mol. The second kappa shape index (κ2) is 6.59. The minimum atomic E-state index is 0.444. The van der Waals surface area contributed by atoms with Crippen LogP contribution in [-0.2, 0) is 4.74 Å². The number of nitrogens with one attached hydrogen (secondary N) is 1. The van der Waals surface area contributed by atoms with E-state index in [4.69, 9.17) is 4.74 Å². The van der Waals surface area contributed by atoms with Crippen LogP contribution >= 0.6 is 15.9 Å². The third-order valence-corrected chi connectivity index (χ3v) is 2.87. The van der Waals surface area contributed by atoms with Gasteiger partial charge in [0.1, 0.15) is 0 Å². The third-order valence-electron chi connectivity index (χ3n) is 2.64. The van der Waals surface area contributed by atoms with Crippen molar-refractivity contribution in [2.75, 3.05) is 13.2 Å². The summed E-state index contributed by atoms with van der Waals surface area (Å²) in [5.41, 5.74) is 0. The van der Waals surface area contributed by atoms with E-state index >= 15 is 0 Å². The van der Waals surface area contributed by atoms with Gasteiger partial charge in [-0.1, -0.05) is 29.4 Å². The highest BCUT2D eigenvalue weighted by atomic mass is 79.9. The van der Waals surface area contributed by atoms with E-state index in [1.165, 1.54) is 25.7 Å². The van der Waals surface area contributed by atoms with Crippen LogP contribution in [0.3, 0.4) is 0 Å². The van der Waals surface area contributed by atoms with Crippen molar-refractivity contribution in [3.63, 3.8) is 0 Å². The highest BCUT2D eigenvalue weighted by Crippen LogP contribution is 2.21. The van der Waals surface area contributed by atoms with Gasteiger partial charge in [-0.15, -0.1) is 0 Å². The Balaban J connectivity index is 2.12. The maximum Gasteiger partial charge on any atom is 0.0779 e. The van der Waals surface area contributed by atoms with Crippen LogP contribution in [-0.4, -0.2) is 25.3 Å². The SMILES string of the molecule is C=C(Br)COC1CCC(NCC)CC1. The molecule has 0 saturated heterocycles. The van der Waals surface area contributed by atoms with Crippen molar-refractivity contribution in [3.05, 3.63) is 11.1 Å². The summed E-state index contributed by atoms with van der Waals surface area (Å²) in [4.78, 5) is 0. The summed E-state index contributed by atoms with van der Waals surface area (Å²) < 4.78 is 6.63. The summed E-state index contributed by atoms with van der Waals surface area (Å²) in [6.45, 7) is 7.65. The molecule has 0 bridgehead atoms. The van der Waals surface area contributed by atoms with Crippen LogP contribution < -0.4 is 5.32 Å². The van der Waals surface area contributed by atoms with Gasteiger partial charge in [-0.05, 0) is 32.2 Å². The number of hydrogen-bond acceptors (Lipinski definition) is 2. The molecule has 0 radical (unpaired) electrons. The molecule has 0 aromatic rings. The smallest absolute Gasteiger partial charge is 0.0779 e. The van der Waals surface area contributed by atoms with Crippen molar-refractivity contribution in [1.29, 1.82) is 0 Å². The Morgan fingerprint density at radius 1 is 1.43 bits per heavy atom. The highest BCUT2D eigenvalue weighted by Gasteiger charge is 2.20. The van der Waals surface area contributed by atoms with E-state index in [1.54, 1.807) is 0 Å². The van der Waals surface area contributed by atoms with Crippen molar-refractivity contribution >= 4 is 15.9 Å². The molecule has 0 unspecified atom stereocenters. The summed E-state index contributed by atoms with van der Waals surface area (Å²) in [6, 6.07) is 0.715. The zero-order chi connectivity index (χ0) is 10.4. The monoisotopic (exact) mass is 261 g/mol. The van der Waals surface area contributed by atoms with Crippen LogP contribution in [0.15, 0.2) is 11.1 Å². The lowest BCUT2D eigenvalue weighted by Gasteiger charge is -2.28. The molecular weight excluding hydrogens is 242 g/mol. The number of halogens is 1. The van der Waals surface area contributed by atoms with Gasteiger partial charge in [0, 0.05) is 10.5 Å². The van der Waals surface area contributed by atoms with Gasteiger partial charge >= 0.3 is 0 Å². The maximum atomic E-state index is 5.70. The van der Waals surface area contributed by atoms with Crippen molar-refractivity contribution in [3.8, 4) is 0 Å². The van der Waals surface area contributed by atoms with Crippen LogP contribution in [0, 0.1) is 0 Å². The Morgan fingerprint density at radius 3 is 2.57 bits per heavy atom. The molecule has 0 spiro atoms. The van der Waals surface area contributed by atoms with E-state index in [9.17, 15) is 0 Å². The van der Waals surface area contributed by atoms with E-state index in [0.29, 0.717) is 18.8 Å². The molecule has 2 nitrogen and oxygen atoms in total. The Labute approximate surface area is 95.2 Å². The lowest BCUT2D eigenvalue weighted by atomic mass is 9.93. The Kier molecular flexibility index (Phi) is 5.75. The van der Waals surface area contributed by atoms with Gasteiger partial charge < -0.3 is 10.1 Å². The molecule has 0 aliphatic heterocycles. The van der Waals surface area contributed by atoms with E-state index in [-0.39, 0.29) is 0 Å². The Bertz CT molecular complexity index is 176. The third kappa shape index (κ3) is 4.58. The van der Waals surface area contributed by atoms with Gasteiger partial charge in [0.15, 0.2) is 0 Å². The van der Waals surface area contributed by atoms with Gasteiger partial charge in [0.2, 0.25) is 0 Å². The van der Waals surface area contributed by atoms with E-state index in [2.05, 4.69) is 34.7 Å². The molecule has 0 aromatic carbocycles. The summed E-state index contributed by atoms with van der Waals surface area (Å²) >= 11 is 3.31. The fourth-order valence-corrected chi connectivity index (χ4v) is 2.06. The molecule has 3 heteroatoms. The van der Waals surface area contributed by atoms with Gasteiger partial charge in [-0.25, -0.2) is 0 Å². The molecule has 1 fully saturated rings. The molecule has 14 heavy (non-hydrogen) atoms. The fraction of sp³-hybridized carbons (Fsp3) is 0.818. The first-order chi connectivity index (χ1) is 6.72. The summed E-state index contributed by atoms with van der Waals surface area (Å²) in [5, 5.41) is 3.49. The molecule has 1 aliphatic carbocycles. The summed E-state index contributed by atoms with van der Waals surface area (Å²) in [5.74, 6) is 0. The normalized spacial score (nSPS) is 27.6. The quantitative estimate of drug-likeness (QED) is 0.822. The lowest BCUT2D eigenvalue weighted by Crippen LogP contribution is -2.35. The first kappa shape index (κ1) is 12.2.